The number of para-hydroxylation sites is 1. The van der Waals surface area contributed by atoms with E-state index in [1.54, 1.807) is 25.3 Å². The number of aliphatic carboxylic acids is 1. The van der Waals surface area contributed by atoms with Crippen LogP contribution >= 0.6 is 0 Å². The first kappa shape index (κ1) is 19.1. The van der Waals surface area contributed by atoms with Gasteiger partial charge < -0.3 is 10.1 Å². The molecule has 0 spiro atoms. The number of rotatable bonds is 6. The second-order valence-electron chi connectivity index (χ2n) is 6.78. The van der Waals surface area contributed by atoms with Crippen LogP contribution in [0.2, 0.25) is 0 Å². The number of nitrogens with one attached hydrogen (secondary N) is 2. The van der Waals surface area contributed by atoms with Gasteiger partial charge in [0.05, 0.1) is 4.90 Å². The summed E-state index contributed by atoms with van der Waals surface area (Å²) in [7, 11) is -3.97. The van der Waals surface area contributed by atoms with E-state index in [0.717, 1.165) is 27.6 Å². The van der Waals surface area contributed by atoms with Gasteiger partial charge in [-0.25, -0.2) is 8.42 Å². The standard InChI is InChI=1S/C20H22N2O4S/c1-12-8-14(3)19(9-13(12)2)27(25,26)22-18(20(23)24)10-15-11-21-17-7-5-4-6-16(15)17/h4-9,11,18,21-22H,10H2,1-3H3,(H,23,24). The van der Waals surface area contributed by atoms with Crippen molar-refractivity contribution >= 4 is 26.9 Å². The predicted octanol–water partition coefficient (Wildman–Crippen LogP) is 3.07. The number of carbonyl (C=O) groups is 1. The summed E-state index contributed by atoms with van der Waals surface area (Å²) in [5.41, 5.74) is 4.04. The molecule has 7 heteroatoms. The number of sulfonamides is 1. The number of hydrogen-bond donors (Lipinski definition) is 3. The molecule has 0 saturated heterocycles. The fourth-order valence-electron chi connectivity index (χ4n) is 3.17. The number of aromatic nitrogens is 1. The van der Waals surface area contributed by atoms with Gasteiger partial charge in [0.1, 0.15) is 6.04 Å². The molecule has 6 nitrogen and oxygen atoms in total. The van der Waals surface area contributed by atoms with Gasteiger partial charge in [-0.2, -0.15) is 4.72 Å². The average Bonchev–Trinajstić information content (AvgIpc) is 3.00. The van der Waals surface area contributed by atoms with Crippen LogP contribution in [0.25, 0.3) is 10.9 Å². The highest BCUT2D eigenvalue weighted by Crippen LogP contribution is 2.22. The van der Waals surface area contributed by atoms with E-state index >= 15 is 0 Å². The van der Waals surface area contributed by atoms with Crippen molar-refractivity contribution in [3.8, 4) is 0 Å². The Balaban J connectivity index is 1.92. The Morgan fingerprint density at radius 3 is 2.48 bits per heavy atom. The zero-order valence-corrected chi connectivity index (χ0v) is 16.2. The van der Waals surface area contributed by atoms with Gasteiger partial charge in [-0.1, -0.05) is 24.3 Å². The predicted molar refractivity (Wildman–Crippen MR) is 104 cm³/mol. The average molecular weight is 386 g/mol. The molecule has 0 bridgehead atoms. The van der Waals surface area contributed by atoms with E-state index in [4.69, 9.17) is 0 Å². The second-order valence-corrected chi connectivity index (χ2v) is 8.46. The SMILES string of the molecule is Cc1cc(C)c(S(=O)(=O)NC(Cc2c[nH]c3ccccc23)C(=O)O)cc1C. The van der Waals surface area contributed by atoms with E-state index in [0.29, 0.717) is 5.56 Å². The minimum absolute atomic E-state index is 0.0441. The topological polar surface area (TPSA) is 99.3 Å². The van der Waals surface area contributed by atoms with E-state index in [-0.39, 0.29) is 11.3 Å². The third-order valence-corrected chi connectivity index (χ3v) is 6.39. The van der Waals surface area contributed by atoms with Crippen LogP contribution < -0.4 is 4.72 Å². The Kier molecular flexibility index (Phi) is 5.08. The first-order valence-corrected chi connectivity index (χ1v) is 10.1. The van der Waals surface area contributed by atoms with Crippen molar-refractivity contribution in [2.24, 2.45) is 0 Å². The van der Waals surface area contributed by atoms with E-state index < -0.39 is 22.0 Å². The Bertz CT molecular complexity index is 1120. The minimum Gasteiger partial charge on any atom is -0.480 e. The summed E-state index contributed by atoms with van der Waals surface area (Å²) in [4.78, 5) is 14.9. The molecule has 1 unspecified atom stereocenters. The van der Waals surface area contributed by atoms with Crippen LogP contribution in [-0.2, 0) is 21.2 Å². The van der Waals surface area contributed by atoms with Crippen molar-refractivity contribution in [3.63, 3.8) is 0 Å². The number of carboxylic acid groups (broad SMARTS) is 1. The molecule has 0 fully saturated rings. The molecule has 2 aromatic carbocycles. The van der Waals surface area contributed by atoms with Gasteiger partial charge in [-0.15, -0.1) is 0 Å². The fraction of sp³-hybridized carbons (Fsp3) is 0.250. The van der Waals surface area contributed by atoms with Crippen LogP contribution in [0.15, 0.2) is 47.5 Å². The molecule has 0 aliphatic rings. The molecule has 0 saturated carbocycles. The molecule has 0 radical (unpaired) electrons. The molecule has 0 amide bonds. The number of aryl methyl sites for hydroxylation is 3. The van der Waals surface area contributed by atoms with Gasteiger partial charge in [0, 0.05) is 23.5 Å². The van der Waals surface area contributed by atoms with Gasteiger partial charge in [-0.05, 0) is 55.2 Å². The van der Waals surface area contributed by atoms with Crippen LogP contribution in [0.4, 0.5) is 0 Å². The Hall–Kier alpha value is -2.64. The van der Waals surface area contributed by atoms with E-state index in [9.17, 15) is 18.3 Å². The van der Waals surface area contributed by atoms with Gasteiger partial charge >= 0.3 is 5.97 Å². The molecule has 1 aromatic heterocycles. The molecule has 0 aliphatic heterocycles. The molecular formula is C20H22N2O4S. The Labute approximate surface area is 158 Å². The molecular weight excluding hydrogens is 364 g/mol. The van der Waals surface area contributed by atoms with E-state index in [1.165, 1.54) is 0 Å². The monoisotopic (exact) mass is 386 g/mol. The summed E-state index contributed by atoms with van der Waals surface area (Å²) in [5.74, 6) is -1.22. The minimum atomic E-state index is -3.97. The molecule has 3 rings (SSSR count). The number of benzene rings is 2. The number of carboxylic acids is 1. The maximum Gasteiger partial charge on any atom is 0.322 e. The molecule has 27 heavy (non-hydrogen) atoms. The summed E-state index contributed by atoms with van der Waals surface area (Å²) < 4.78 is 28.0. The van der Waals surface area contributed by atoms with Gasteiger partial charge in [-0.3, -0.25) is 4.79 Å². The lowest BCUT2D eigenvalue weighted by molar-refractivity contribution is -0.138. The lowest BCUT2D eigenvalue weighted by Crippen LogP contribution is -2.42. The number of H-pyrrole nitrogens is 1. The maximum atomic E-state index is 12.8. The summed E-state index contributed by atoms with van der Waals surface area (Å²) in [6, 6.07) is 9.60. The number of hydrogen-bond acceptors (Lipinski definition) is 3. The van der Waals surface area contributed by atoms with Crippen molar-refractivity contribution in [2.45, 2.75) is 38.1 Å². The molecule has 0 aliphatic carbocycles. The third-order valence-electron chi connectivity index (χ3n) is 4.78. The zero-order chi connectivity index (χ0) is 19.8. The lowest BCUT2D eigenvalue weighted by Gasteiger charge is -2.17. The Morgan fingerprint density at radius 1 is 1.11 bits per heavy atom. The molecule has 1 heterocycles. The largest absolute Gasteiger partial charge is 0.480 e. The van der Waals surface area contributed by atoms with Crippen LogP contribution in [0.1, 0.15) is 22.3 Å². The van der Waals surface area contributed by atoms with Crippen LogP contribution in [0, 0.1) is 20.8 Å². The van der Waals surface area contributed by atoms with Crippen molar-refractivity contribution in [3.05, 3.63) is 64.8 Å². The summed E-state index contributed by atoms with van der Waals surface area (Å²) >= 11 is 0. The van der Waals surface area contributed by atoms with E-state index in [2.05, 4.69) is 9.71 Å². The van der Waals surface area contributed by atoms with Crippen LogP contribution in [0.3, 0.4) is 0 Å². The first-order chi connectivity index (χ1) is 12.7. The highest BCUT2D eigenvalue weighted by Gasteiger charge is 2.27. The summed E-state index contributed by atoms with van der Waals surface area (Å²) in [6.45, 7) is 5.44. The van der Waals surface area contributed by atoms with Crippen molar-refractivity contribution in [2.75, 3.05) is 0 Å². The highest BCUT2D eigenvalue weighted by molar-refractivity contribution is 7.89. The van der Waals surface area contributed by atoms with Gasteiger partial charge in [0.15, 0.2) is 0 Å². The zero-order valence-electron chi connectivity index (χ0n) is 15.4. The molecule has 142 valence electrons. The smallest absolute Gasteiger partial charge is 0.322 e. The van der Waals surface area contributed by atoms with Crippen molar-refractivity contribution in [1.29, 1.82) is 0 Å². The van der Waals surface area contributed by atoms with E-state index in [1.807, 2.05) is 38.1 Å². The van der Waals surface area contributed by atoms with Crippen molar-refractivity contribution in [1.82, 2.24) is 9.71 Å². The first-order valence-electron chi connectivity index (χ1n) is 8.57. The third kappa shape index (κ3) is 3.89. The maximum absolute atomic E-state index is 12.8. The van der Waals surface area contributed by atoms with Gasteiger partial charge in [0.25, 0.3) is 0 Å². The highest BCUT2D eigenvalue weighted by atomic mass is 32.2. The summed E-state index contributed by atoms with van der Waals surface area (Å²) in [6.07, 6.45) is 1.76. The normalized spacial score (nSPS) is 13.0. The second kappa shape index (κ2) is 7.17. The fourth-order valence-corrected chi connectivity index (χ4v) is 4.67. The molecule has 3 N–H and O–H groups in total. The van der Waals surface area contributed by atoms with Crippen molar-refractivity contribution < 1.29 is 18.3 Å². The quantitative estimate of drug-likeness (QED) is 0.606. The molecule has 1 atom stereocenters. The van der Waals surface area contributed by atoms with Gasteiger partial charge in [0.2, 0.25) is 10.0 Å². The number of aromatic amines is 1. The number of fused-ring (bicyclic) bond motifs is 1. The van der Waals surface area contributed by atoms with Crippen LogP contribution in [0.5, 0.6) is 0 Å². The lowest BCUT2D eigenvalue weighted by atomic mass is 10.1. The van der Waals surface area contributed by atoms with Crippen LogP contribution in [-0.4, -0.2) is 30.5 Å². The Morgan fingerprint density at radius 2 is 1.78 bits per heavy atom. The summed E-state index contributed by atoms with van der Waals surface area (Å²) in [5, 5.41) is 10.5. The molecule has 3 aromatic rings.